The summed E-state index contributed by atoms with van der Waals surface area (Å²) >= 11 is 0. The van der Waals surface area contributed by atoms with E-state index in [9.17, 15) is 0 Å². The average molecular weight is 326 g/mol. The van der Waals surface area contributed by atoms with Crippen molar-refractivity contribution in [2.24, 2.45) is 11.8 Å². The molecule has 0 spiro atoms. The first-order valence-corrected chi connectivity index (χ1v) is 8.64. The number of benzene rings is 1. The Hall–Kier alpha value is -1.94. The monoisotopic (exact) mass is 326 g/mol. The van der Waals surface area contributed by atoms with E-state index in [1.54, 1.807) is 13.3 Å². The lowest BCUT2D eigenvalue weighted by Gasteiger charge is -2.50. The first-order valence-electron chi connectivity index (χ1n) is 8.64. The molecule has 2 aromatic rings. The zero-order valence-corrected chi connectivity index (χ0v) is 14.0. The summed E-state index contributed by atoms with van der Waals surface area (Å²) in [6.45, 7) is 5.81. The van der Waals surface area contributed by atoms with Crippen molar-refractivity contribution in [1.29, 1.82) is 0 Å². The zero-order chi connectivity index (χ0) is 16.7. The third-order valence-electron chi connectivity index (χ3n) is 5.78. The van der Waals surface area contributed by atoms with Gasteiger partial charge in [0.1, 0.15) is 11.9 Å². The fourth-order valence-corrected chi connectivity index (χ4v) is 4.43. The Kier molecular flexibility index (Phi) is 4.01. The van der Waals surface area contributed by atoms with Gasteiger partial charge in [0.05, 0.1) is 12.6 Å². The molecule has 5 unspecified atom stereocenters. The summed E-state index contributed by atoms with van der Waals surface area (Å²) in [5.74, 6) is 1.22. The molecule has 4 heterocycles. The number of pyridine rings is 1. The Morgan fingerprint density at radius 2 is 2.29 bits per heavy atom. The van der Waals surface area contributed by atoms with Crippen molar-refractivity contribution in [1.82, 2.24) is 9.88 Å². The van der Waals surface area contributed by atoms with Crippen molar-refractivity contribution in [3.63, 3.8) is 0 Å². The van der Waals surface area contributed by atoms with Crippen LogP contribution in [0.3, 0.4) is 0 Å². The van der Waals surface area contributed by atoms with Crippen LogP contribution in [0.25, 0.3) is 10.9 Å². The number of rotatable bonds is 4. The Labute approximate surface area is 142 Å². The molecule has 1 aromatic carbocycles. The number of ether oxygens (including phenoxy) is 1. The van der Waals surface area contributed by atoms with Crippen molar-refractivity contribution in [3.8, 4) is 5.75 Å². The minimum atomic E-state index is -0.971. The highest BCUT2D eigenvalue weighted by molar-refractivity contribution is 5.83. The van der Waals surface area contributed by atoms with Crippen LogP contribution in [0.15, 0.2) is 43.1 Å². The maximum atomic E-state index is 15.6. The van der Waals surface area contributed by atoms with Gasteiger partial charge in [0.25, 0.3) is 0 Å². The van der Waals surface area contributed by atoms with Crippen LogP contribution in [0.4, 0.5) is 4.39 Å². The molecule has 24 heavy (non-hydrogen) atoms. The SMILES string of the molecule is C=CC1CC2CCN1CC2C(F)c1ccnc2ccc(OC)cc12. The molecule has 3 saturated heterocycles. The number of piperidine rings is 3. The van der Waals surface area contributed by atoms with Crippen LogP contribution >= 0.6 is 0 Å². The van der Waals surface area contributed by atoms with Crippen LogP contribution < -0.4 is 4.74 Å². The molecule has 0 radical (unpaired) electrons. The molecule has 1 aromatic heterocycles. The highest BCUT2D eigenvalue weighted by atomic mass is 19.1. The standard InChI is InChI=1S/C20H23FN2O/c1-3-14-10-13-7-9-23(14)12-18(13)20(21)16-6-8-22-19-5-4-15(24-2)11-17(16)19/h3-6,8,11,13-14,18,20H,1,7,9-10,12H2,2H3. The van der Waals surface area contributed by atoms with Crippen molar-refractivity contribution in [3.05, 3.63) is 48.7 Å². The van der Waals surface area contributed by atoms with Crippen molar-refractivity contribution in [2.45, 2.75) is 25.1 Å². The van der Waals surface area contributed by atoms with E-state index in [0.717, 1.165) is 48.1 Å². The normalized spacial score (nSPS) is 30.2. The molecule has 0 aliphatic carbocycles. The number of nitrogens with zero attached hydrogens (tertiary/aromatic N) is 2. The van der Waals surface area contributed by atoms with E-state index in [4.69, 9.17) is 4.74 Å². The van der Waals surface area contributed by atoms with Gasteiger partial charge in [0, 0.05) is 30.1 Å². The summed E-state index contributed by atoms with van der Waals surface area (Å²) in [4.78, 5) is 6.76. The number of hydrogen-bond donors (Lipinski definition) is 0. The quantitative estimate of drug-likeness (QED) is 0.789. The fourth-order valence-electron chi connectivity index (χ4n) is 4.43. The third kappa shape index (κ3) is 2.49. The van der Waals surface area contributed by atoms with E-state index in [0.29, 0.717) is 12.0 Å². The van der Waals surface area contributed by atoms with Gasteiger partial charge in [-0.25, -0.2) is 4.39 Å². The van der Waals surface area contributed by atoms with Crippen molar-refractivity contribution in [2.75, 3.05) is 20.2 Å². The van der Waals surface area contributed by atoms with Gasteiger partial charge in [-0.2, -0.15) is 0 Å². The summed E-state index contributed by atoms with van der Waals surface area (Å²) in [6.07, 6.45) is 4.87. The van der Waals surface area contributed by atoms with Gasteiger partial charge in [-0.3, -0.25) is 9.88 Å². The summed E-state index contributed by atoms with van der Waals surface area (Å²) in [5, 5.41) is 0.862. The Balaban J connectivity index is 1.69. The molecular weight excluding hydrogens is 303 g/mol. The largest absolute Gasteiger partial charge is 0.497 e. The fraction of sp³-hybridized carbons (Fsp3) is 0.450. The predicted octanol–water partition coefficient (Wildman–Crippen LogP) is 4.15. The number of hydrogen-bond acceptors (Lipinski definition) is 3. The van der Waals surface area contributed by atoms with Crippen LogP contribution in [0.5, 0.6) is 5.75 Å². The third-order valence-corrected chi connectivity index (χ3v) is 5.78. The van der Waals surface area contributed by atoms with E-state index in [2.05, 4.69) is 16.5 Å². The second-order valence-electron chi connectivity index (χ2n) is 6.93. The van der Waals surface area contributed by atoms with Gasteiger partial charge in [0.15, 0.2) is 0 Å². The molecule has 0 amide bonds. The number of halogens is 1. The summed E-state index contributed by atoms with van der Waals surface area (Å²) in [5.41, 5.74) is 1.56. The highest BCUT2D eigenvalue weighted by Gasteiger charge is 2.43. The molecule has 126 valence electrons. The molecule has 3 aliphatic heterocycles. The Morgan fingerprint density at radius 1 is 1.42 bits per heavy atom. The second kappa shape index (κ2) is 6.17. The molecule has 2 bridgehead atoms. The van der Waals surface area contributed by atoms with Crippen molar-refractivity contribution >= 4 is 10.9 Å². The molecule has 5 atom stereocenters. The van der Waals surface area contributed by atoms with E-state index in [1.165, 1.54) is 0 Å². The van der Waals surface area contributed by atoms with E-state index in [-0.39, 0.29) is 5.92 Å². The predicted molar refractivity (Wildman–Crippen MR) is 93.9 cm³/mol. The van der Waals surface area contributed by atoms with Gasteiger partial charge >= 0.3 is 0 Å². The molecule has 3 fully saturated rings. The van der Waals surface area contributed by atoms with Gasteiger partial charge < -0.3 is 4.74 Å². The van der Waals surface area contributed by atoms with Gasteiger partial charge in [-0.1, -0.05) is 6.08 Å². The van der Waals surface area contributed by atoms with Gasteiger partial charge in [0.2, 0.25) is 0 Å². The lowest BCUT2D eigenvalue weighted by atomic mass is 9.72. The molecule has 4 heteroatoms. The Bertz CT molecular complexity index is 762. The van der Waals surface area contributed by atoms with Crippen LogP contribution in [0.2, 0.25) is 0 Å². The van der Waals surface area contributed by atoms with Crippen LogP contribution in [-0.4, -0.2) is 36.1 Å². The van der Waals surface area contributed by atoms with Crippen molar-refractivity contribution < 1.29 is 9.13 Å². The highest BCUT2D eigenvalue weighted by Crippen LogP contribution is 2.45. The summed E-state index contributed by atoms with van der Waals surface area (Å²) in [7, 11) is 1.63. The molecule has 5 rings (SSSR count). The maximum Gasteiger partial charge on any atom is 0.130 e. The van der Waals surface area contributed by atoms with E-state index >= 15 is 4.39 Å². The summed E-state index contributed by atoms with van der Waals surface area (Å²) in [6, 6.07) is 7.92. The molecule has 0 saturated carbocycles. The smallest absolute Gasteiger partial charge is 0.130 e. The molecule has 0 N–H and O–H groups in total. The maximum absolute atomic E-state index is 15.6. The van der Waals surface area contributed by atoms with E-state index < -0.39 is 6.17 Å². The van der Waals surface area contributed by atoms with Crippen LogP contribution in [0.1, 0.15) is 24.6 Å². The lowest BCUT2D eigenvalue weighted by molar-refractivity contribution is -0.0164. The number of methoxy groups -OCH3 is 1. The number of alkyl halides is 1. The average Bonchev–Trinajstić information content (AvgIpc) is 2.66. The summed E-state index contributed by atoms with van der Waals surface area (Å²) < 4.78 is 20.9. The van der Waals surface area contributed by atoms with E-state index in [1.807, 2.05) is 30.3 Å². The second-order valence-corrected chi connectivity index (χ2v) is 6.93. The molecular formula is C20H23FN2O. The van der Waals surface area contributed by atoms with Gasteiger partial charge in [-0.05, 0) is 55.1 Å². The molecule has 3 aliphatic rings. The number of aromatic nitrogens is 1. The number of fused-ring (bicyclic) bond motifs is 4. The zero-order valence-electron chi connectivity index (χ0n) is 14.0. The Morgan fingerprint density at radius 3 is 3.00 bits per heavy atom. The van der Waals surface area contributed by atoms with Crippen LogP contribution in [-0.2, 0) is 0 Å². The minimum Gasteiger partial charge on any atom is -0.497 e. The molecule has 3 nitrogen and oxygen atoms in total. The van der Waals surface area contributed by atoms with Gasteiger partial charge in [-0.15, -0.1) is 6.58 Å². The minimum absolute atomic E-state index is 0.0479. The first-order chi connectivity index (χ1) is 11.7. The van der Waals surface area contributed by atoms with Crippen LogP contribution in [0, 0.1) is 11.8 Å². The lowest BCUT2D eigenvalue weighted by Crippen LogP contribution is -2.53. The first kappa shape index (κ1) is 15.6. The topological polar surface area (TPSA) is 25.4 Å².